The highest BCUT2D eigenvalue weighted by Crippen LogP contribution is 2.49. The highest BCUT2D eigenvalue weighted by atomic mass is 32.1. The topological polar surface area (TPSA) is 143 Å². The van der Waals surface area contributed by atoms with Crippen LogP contribution in [0.25, 0.3) is 209 Å². The highest BCUT2D eigenvalue weighted by molar-refractivity contribution is 7.26. The summed E-state index contributed by atoms with van der Waals surface area (Å²) in [6.45, 7) is 0. The second-order valence-electron chi connectivity index (χ2n) is 24.1. The molecule has 96 heavy (non-hydrogen) atoms. The third-order valence-corrected chi connectivity index (χ3v) is 19.7. The smallest absolute Gasteiger partial charge is 0.164 e. The van der Waals surface area contributed by atoms with Crippen LogP contribution in [0, 0.1) is 0 Å². The van der Waals surface area contributed by atoms with Crippen molar-refractivity contribution < 1.29 is 13.3 Å². The molecule has 0 atom stereocenters. The molecule has 20 aromatic rings. The Morgan fingerprint density at radius 1 is 0.260 bits per heavy atom. The zero-order chi connectivity index (χ0) is 63.0. The van der Waals surface area contributed by atoms with E-state index in [-0.39, 0.29) is 0 Å². The molecular weight excluding hydrogens is 1200 g/mol. The van der Waals surface area contributed by atoms with Gasteiger partial charge in [0.05, 0.1) is 5.69 Å². The van der Waals surface area contributed by atoms with Crippen LogP contribution in [0.5, 0.6) is 0 Å². The van der Waals surface area contributed by atoms with E-state index in [1.165, 1.54) is 30.9 Å². The van der Waals surface area contributed by atoms with Crippen molar-refractivity contribution in [2.75, 3.05) is 0 Å². The van der Waals surface area contributed by atoms with Gasteiger partial charge in [-0.2, -0.15) is 0 Å². The molecule has 0 saturated heterocycles. The lowest BCUT2D eigenvalue weighted by Gasteiger charge is -2.11. The van der Waals surface area contributed by atoms with E-state index < -0.39 is 0 Å². The Balaban J connectivity index is 0.725. The van der Waals surface area contributed by atoms with Crippen LogP contribution in [0.15, 0.2) is 293 Å². The van der Waals surface area contributed by atoms with Crippen molar-refractivity contribution in [3.63, 3.8) is 0 Å². The fourth-order valence-corrected chi connectivity index (χ4v) is 15.3. The van der Waals surface area contributed by atoms with Gasteiger partial charge in [-0.05, 0) is 75.1 Å². The monoisotopic (exact) mass is 1250 g/mol. The van der Waals surface area contributed by atoms with E-state index in [4.69, 9.17) is 53.1 Å². The van der Waals surface area contributed by atoms with Crippen LogP contribution in [0.2, 0.25) is 0 Å². The van der Waals surface area contributed by atoms with Crippen molar-refractivity contribution in [1.29, 1.82) is 0 Å². The molecule has 8 heterocycles. The summed E-state index contributed by atoms with van der Waals surface area (Å²) in [5.41, 5.74) is 14.7. The molecule has 0 aliphatic carbocycles. The van der Waals surface area contributed by atoms with Crippen molar-refractivity contribution in [2.24, 2.45) is 0 Å². The molecule has 11 nitrogen and oxygen atoms in total. The number of furan rings is 3. The summed E-state index contributed by atoms with van der Waals surface area (Å²) >= 11 is 1.80. The molecule has 0 radical (unpaired) electrons. The van der Waals surface area contributed by atoms with Gasteiger partial charge in [-0.25, -0.2) is 29.9 Å². The van der Waals surface area contributed by atoms with Gasteiger partial charge in [-0.15, -0.1) is 11.3 Å². The maximum atomic E-state index is 7.17. The third-order valence-electron chi connectivity index (χ3n) is 18.5. The van der Waals surface area contributed by atoms with Gasteiger partial charge in [-0.1, -0.05) is 212 Å². The van der Waals surface area contributed by atoms with Gasteiger partial charge in [0.2, 0.25) is 0 Å². The molecule has 446 valence electrons. The second kappa shape index (κ2) is 21.3. The first kappa shape index (κ1) is 53.7. The van der Waals surface area contributed by atoms with Gasteiger partial charge < -0.3 is 13.3 Å². The summed E-state index contributed by atoms with van der Waals surface area (Å²) in [4.78, 5) is 41.3. The SMILES string of the molecule is c1ccc(-c2nc(-c3cccc(-c4ccc(-c5cncc6c5oc5cccc(-c7nc(-c8ccccc8)nc(-c8ccccc8)n7)c56)c5c4oc4cc6ccccc6cc45)c3)nc(-c3cccc4oc5cc(-c6cccc7c6sc6ccc8ccccc8c67)ncc5c34)n2)cc1. The molecule has 0 aliphatic rings. The van der Waals surface area contributed by atoms with E-state index >= 15 is 0 Å². The Labute approximate surface area is 550 Å². The fourth-order valence-electron chi connectivity index (χ4n) is 14.1. The van der Waals surface area contributed by atoms with Gasteiger partial charge in [0, 0.05) is 127 Å². The average molecular weight is 1250 g/mol. The standard InChI is InChI=1S/C84H46N8O3S/c1-4-19-48(20-5-1)79-87-80(49-21-6-2-7-22-49)90-84(89-79)61-33-17-35-68-73(61)65-45-85-44-63(76(65)94-68)57-38-37-56(77-75(57)62-41-51-25-10-11-26-52(51)42-69(62)95-77)53-27-14-28-54(40-53)82-88-81(50-23-8-3-9-24-50)91-83(92-82)60-32-16-34-67-72(60)64-46-86-66(43-70(64)93-67)58-30-15-31-59-74-55-29-13-12-18-47(55)36-39-71(74)96-78(58)59/h1-46H. The van der Waals surface area contributed by atoms with Crippen molar-refractivity contribution >= 4 is 119 Å². The van der Waals surface area contributed by atoms with E-state index in [0.29, 0.717) is 57.3 Å². The molecule has 0 fully saturated rings. The largest absolute Gasteiger partial charge is 0.456 e. The van der Waals surface area contributed by atoms with Crippen LogP contribution in [-0.4, -0.2) is 39.9 Å². The Morgan fingerprint density at radius 2 is 0.792 bits per heavy atom. The van der Waals surface area contributed by atoms with E-state index in [9.17, 15) is 0 Å². The van der Waals surface area contributed by atoms with Crippen molar-refractivity contribution in [1.82, 2.24) is 39.9 Å². The Hall–Kier alpha value is -12.9. The lowest BCUT2D eigenvalue weighted by molar-refractivity contribution is 0.668. The first-order chi connectivity index (χ1) is 47.5. The molecule has 0 aliphatic heterocycles. The molecule has 0 N–H and O–H groups in total. The third kappa shape index (κ3) is 8.59. The molecule has 0 bridgehead atoms. The number of thiophene rings is 1. The van der Waals surface area contributed by atoms with E-state index in [2.05, 4.69) is 140 Å². The number of aromatic nitrogens is 8. The minimum Gasteiger partial charge on any atom is -0.456 e. The van der Waals surface area contributed by atoms with E-state index in [1.54, 1.807) is 11.3 Å². The van der Waals surface area contributed by atoms with Gasteiger partial charge in [-0.3, -0.25) is 9.97 Å². The van der Waals surface area contributed by atoms with Crippen LogP contribution in [0.1, 0.15) is 0 Å². The van der Waals surface area contributed by atoms with Crippen molar-refractivity contribution in [3.8, 4) is 102 Å². The van der Waals surface area contributed by atoms with Crippen molar-refractivity contribution in [3.05, 3.63) is 279 Å². The first-order valence-corrected chi connectivity index (χ1v) is 32.5. The zero-order valence-electron chi connectivity index (χ0n) is 50.8. The molecule has 12 aromatic carbocycles. The number of nitrogens with zero attached hydrogens (tertiary/aromatic N) is 8. The molecule has 0 spiro atoms. The van der Waals surface area contributed by atoms with Crippen LogP contribution in [0.3, 0.4) is 0 Å². The molecule has 8 aromatic heterocycles. The van der Waals surface area contributed by atoms with Crippen LogP contribution < -0.4 is 0 Å². The van der Waals surface area contributed by atoms with Crippen LogP contribution in [-0.2, 0) is 0 Å². The summed E-state index contributed by atoms with van der Waals surface area (Å²) in [6.07, 6.45) is 5.70. The lowest BCUT2D eigenvalue weighted by Crippen LogP contribution is -2.00. The molecule has 0 unspecified atom stereocenters. The van der Waals surface area contributed by atoms with Gasteiger partial charge in [0.15, 0.2) is 34.9 Å². The maximum Gasteiger partial charge on any atom is 0.164 e. The molecule has 20 rings (SSSR count). The van der Waals surface area contributed by atoms with E-state index in [1.807, 2.05) is 140 Å². The molecule has 0 amide bonds. The maximum absolute atomic E-state index is 7.17. The summed E-state index contributed by atoms with van der Waals surface area (Å²) in [5.74, 6) is 3.21. The lowest BCUT2D eigenvalue weighted by atomic mass is 9.93. The Morgan fingerprint density at radius 3 is 1.50 bits per heavy atom. The Kier molecular flexibility index (Phi) is 11.9. The quantitative estimate of drug-likeness (QED) is 0.136. The normalized spacial score (nSPS) is 12.0. The molecule has 0 saturated carbocycles. The van der Waals surface area contributed by atoms with Crippen LogP contribution >= 0.6 is 11.3 Å². The predicted molar refractivity (Wildman–Crippen MR) is 387 cm³/mol. The van der Waals surface area contributed by atoms with Crippen molar-refractivity contribution in [2.45, 2.75) is 0 Å². The van der Waals surface area contributed by atoms with Gasteiger partial charge in [0.1, 0.15) is 33.5 Å². The fraction of sp³-hybridized carbons (Fsp3) is 0. The first-order valence-electron chi connectivity index (χ1n) is 31.7. The van der Waals surface area contributed by atoms with E-state index in [0.717, 1.165) is 121 Å². The zero-order valence-corrected chi connectivity index (χ0v) is 51.6. The number of pyridine rings is 2. The Bertz CT molecular complexity index is 6540. The number of hydrogen-bond acceptors (Lipinski definition) is 12. The predicted octanol–water partition coefficient (Wildman–Crippen LogP) is 22.2. The molecular formula is C84H46N8O3S. The van der Waals surface area contributed by atoms with Crippen LogP contribution in [0.4, 0.5) is 0 Å². The summed E-state index contributed by atoms with van der Waals surface area (Å²) in [7, 11) is 0. The number of hydrogen-bond donors (Lipinski definition) is 0. The summed E-state index contributed by atoms with van der Waals surface area (Å²) in [5, 5.41) is 12.4. The highest BCUT2D eigenvalue weighted by Gasteiger charge is 2.26. The number of benzene rings is 12. The average Bonchev–Trinajstić information content (AvgIpc) is 1.50. The summed E-state index contributed by atoms with van der Waals surface area (Å²) in [6, 6.07) is 89.2. The minimum atomic E-state index is 0.502. The van der Waals surface area contributed by atoms with Gasteiger partial charge >= 0.3 is 0 Å². The molecule has 12 heteroatoms. The second-order valence-corrected chi connectivity index (χ2v) is 25.1. The minimum absolute atomic E-state index is 0.502. The number of fused-ring (bicyclic) bond motifs is 15. The number of rotatable bonds is 9. The summed E-state index contributed by atoms with van der Waals surface area (Å²) < 4.78 is 23.4. The van der Waals surface area contributed by atoms with Gasteiger partial charge in [0.25, 0.3) is 0 Å².